The molecule has 217 valence electrons. The third-order valence-electron chi connectivity index (χ3n) is 7.27. The Kier molecular flexibility index (Phi) is 9.52. The van der Waals surface area contributed by atoms with Crippen LogP contribution in [-0.2, 0) is 22.2 Å². The van der Waals surface area contributed by atoms with Gasteiger partial charge in [-0.1, -0.05) is 31.9 Å². The summed E-state index contributed by atoms with van der Waals surface area (Å²) < 4.78 is 45.1. The number of fused-ring (bicyclic) bond motifs is 1. The van der Waals surface area contributed by atoms with Gasteiger partial charge in [0.2, 0.25) is 5.91 Å². The van der Waals surface area contributed by atoms with E-state index >= 15 is 0 Å². The van der Waals surface area contributed by atoms with Crippen LogP contribution in [0.25, 0.3) is 16.6 Å². The number of carbonyl (C=O) groups is 2. The van der Waals surface area contributed by atoms with E-state index in [0.717, 1.165) is 53.6 Å². The number of halogens is 3. The minimum absolute atomic E-state index is 0.127. The van der Waals surface area contributed by atoms with Crippen molar-refractivity contribution in [1.82, 2.24) is 20.6 Å². The number of alkyl halides is 3. The van der Waals surface area contributed by atoms with Gasteiger partial charge in [-0.3, -0.25) is 9.59 Å². The summed E-state index contributed by atoms with van der Waals surface area (Å²) in [6.45, 7) is 3.76. The number of rotatable bonds is 13. The van der Waals surface area contributed by atoms with Crippen LogP contribution >= 0.6 is 0 Å². The number of H-pyrrole nitrogens is 1. The number of aryl methyl sites for hydroxylation is 1. The summed E-state index contributed by atoms with van der Waals surface area (Å²) in [6.07, 6.45) is 1.06. The van der Waals surface area contributed by atoms with Gasteiger partial charge in [0, 0.05) is 35.0 Å². The van der Waals surface area contributed by atoms with Crippen molar-refractivity contribution in [3.05, 3.63) is 71.0 Å². The molecule has 0 saturated heterocycles. The zero-order chi connectivity index (χ0) is 29.6. The summed E-state index contributed by atoms with van der Waals surface area (Å²) in [5, 5.41) is 7.11. The van der Waals surface area contributed by atoms with Crippen LogP contribution < -0.4 is 20.4 Å². The zero-order valence-electron chi connectivity index (χ0n) is 23.5. The molecule has 0 saturated carbocycles. The van der Waals surface area contributed by atoms with Crippen molar-refractivity contribution in [2.24, 2.45) is 0 Å². The molecule has 2 aromatic carbocycles. The molecule has 41 heavy (non-hydrogen) atoms. The van der Waals surface area contributed by atoms with E-state index in [1.807, 2.05) is 32.0 Å². The monoisotopic (exact) mass is 568 g/mol. The first-order valence-electron chi connectivity index (χ1n) is 13.8. The molecule has 10 heteroatoms. The van der Waals surface area contributed by atoms with Gasteiger partial charge in [-0.25, -0.2) is 5.32 Å². The van der Waals surface area contributed by atoms with Gasteiger partial charge in [0.25, 0.3) is 0 Å². The van der Waals surface area contributed by atoms with Crippen LogP contribution in [0, 0.1) is 6.92 Å². The Morgan fingerprint density at radius 2 is 1.90 bits per heavy atom. The van der Waals surface area contributed by atoms with Crippen molar-refractivity contribution in [3.8, 4) is 5.75 Å². The normalized spacial score (nSPS) is 13.9. The van der Waals surface area contributed by atoms with Crippen molar-refractivity contribution in [1.29, 1.82) is 0 Å². The predicted octanol–water partition coefficient (Wildman–Crippen LogP) is 5.80. The minimum Gasteiger partial charge on any atom is -0.497 e. The second kappa shape index (κ2) is 13.1. The standard InChI is InChI=1S/C31H35F3N4O3/c1-4-22(39)11-6-5-7-12-27(30-35-18-28(38-30)20-9-8-10-21(15-20)31(32,33)34)37-29(40)17-24-19(2)36-26-14-13-23(41-3)16-25(24)26/h8-10,13-16,18,27,36,38H,4-7,11-12,17H2,1-3H3,(H,37,40)/q+1/t27-/m0/s1. The summed E-state index contributed by atoms with van der Waals surface area (Å²) in [5.74, 6) is 1.17. The molecule has 0 spiro atoms. The summed E-state index contributed by atoms with van der Waals surface area (Å²) >= 11 is 0. The molecule has 1 aliphatic rings. The van der Waals surface area contributed by atoms with Crippen molar-refractivity contribution >= 4 is 34.1 Å². The number of nitrogens with one attached hydrogen (secondary N) is 3. The van der Waals surface area contributed by atoms with Crippen LogP contribution in [0.5, 0.6) is 5.75 Å². The van der Waals surface area contributed by atoms with E-state index in [9.17, 15) is 22.8 Å². The lowest BCUT2D eigenvalue weighted by molar-refractivity contribution is -0.137. The van der Waals surface area contributed by atoms with Gasteiger partial charge < -0.3 is 15.0 Å². The molecule has 1 aliphatic heterocycles. The molecule has 0 fully saturated rings. The topological polar surface area (TPSA) is 97.3 Å². The lowest BCUT2D eigenvalue weighted by atomic mass is 10.0. The molecule has 1 aromatic heterocycles. The highest BCUT2D eigenvalue weighted by molar-refractivity contribution is 6.00. The fourth-order valence-electron chi connectivity index (χ4n) is 4.95. The number of nitrogens with zero attached hydrogens (tertiary/aromatic N) is 1. The van der Waals surface area contributed by atoms with E-state index in [1.54, 1.807) is 13.2 Å². The van der Waals surface area contributed by atoms with Crippen LogP contribution in [0.15, 0.2) is 48.7 Å². The number of benzene rings is 2. The molecule has 0 bridgehead atoms. The summed E-state index contributed by atoms with van der Waals surface area (Å²) in [6, 6.07) is 10.2. The number of hydrogen-bond acceptors (Lipinski definition) is 5. The molecule has 1 amide bonds. The minimum atomic E-state index is -4.46. The molecule has 2 heterocycles. The maximum atomic E-state index is 13.3. The Morgan fingerprint density at radius 1 is 1.10 bits per heavy atom. The Labute approximate surface area is 237 Å². The van der Waals surface area contributed by atoms with Gasteiger partial charge in [0.1, 0.15) is 17.6 Å². The molecular formula is C31H35F3N4O3+. The quantitative estimate of drug-likeness (QED) is 0.227. The Bertz CT molecular complexity index is 1470. The van der Waals surface area contributed by atoms with Crippen molar-refractivity contribution in [2.75, 3.05) is 7.11 Å². The van der Waals surface area contributed by atoms with E-state index in [4.69, 9.17) is 4.74 Å². The van der Waals surface area contributed by atoms with Gasteiger partial charge in [0.15, 0.2) is 11.9 Å². The number of aromatic nitrogens is 1. The number of aromatic amines is 1. The van der Waals surface area contributed by atoms with E-state index in [-0.39, 0.29) is 18.1 Å². The predicted molar refractivity (Wildman–Crippen MR) is 153 cm³/mol. The number of hydrogen-bond donors (Lipinski definition) is 3. The number of aliphatic imine (C=N–C) groups is 1. The first kappa shape index (κ1) is 29.9. The second-order valence-electron chi connectivity index (χ2n) is 10.2. The lowest BCUT2D eigenvalue weighted by Crippen LogP contribution is -2.47. The van der Waals surface area contributed by atoms with Crippen LogP contribution in [0.4, 0.5) is 13.2 Å². The van der Waals surface area contributed by atoms with Gasteiger partial charge in [-0.2, -0.15) is 13.2 Å². The van der Waals surface area contributed by atoms with Gasteiger partial charge >= 0.3 is 12.0 Å². The van der Waals surface area contributed by atoms with Crippen LogP contribution in [-0.4, -0.2) is 35.7 Å². The number of amidine groups is 1. The molecule has 0 unspecified atom stereocenters. The molecule has 3 aromatic rings. The van der Waals surface area contributed by atoms with E-state index in [0.29, 0.717) is 42.1 Å². The highest BCUT2D eigenvalue weighted by Gasteiger charge is 2.34. The van der Waals surface area contributed by atoms with E-state index in [1.165, 1.54) is 12.3 Å². The molecule has 0 aliphatic carbocycles. The highest BCUT2D eigenvalue weighted by Crippen LogP contribution is 2.31. The summed E-state index contributed by atoms with van der Waals surface area (Å²) in [5.41, 5.74) is 2.68. The Hall–Kier alpha value is -4.08. The zero-order valence-corrected chi connectivity index (χ0v) is 23.5. The third-order valence-corrected chi connectivity index (χ3v) is 7.27. The molecular weight excluding hydrogens is 533 g/mol. The molecule has 7 nitrogen and oxygen atoms in total. The summed E-state index contributed by atoms with van der Waals surface area (Å²) in [4.78, 5) is 32.7. The van der Waals surface area contributed by atoms with Crippen LogP contribution in [0.2, 0.25) is 0 Å². The Balaban J connectivity index is 1.47. The summed E-state index contributed by atoms with van der Waals surface area (Å²) in [7, 11) is 1.59. The number of unbranched alkanes of at least 4 members (excludes halogenated alkanes) is 2. The maximum absolute atomic E-state index is 13.3. The third kappa shape index (κ3) is 7.56. The van der Waals surface area contributed by atoms with E-state index in [2.05, 4.69) is 20.6 Å². The van der Waals surface area contributed by atoms with Gasteiger partial charge in [-0.05, 0) is 60.7 Å². The largest absolute Gasteiger partial charge is 0.497 e. The Morgan fingerprint density at radius 3 is 2.63 bits per heavy atom. The van der Waals surface area contributed by atoms with Crippen molar-refractivity contribution < 1.29 is 27.5 Å². The highest BCUT2D eigenvalue weighted by atomic mass is 19.4. The fourth-order valence-corrected chi connectivity index (χ4v) is 4.95. The average molecular weight is 569 g/mol. The number of amides is 1. The SMILES string of the molecule is CCC(=O)CCCCC[C@H](NC(=O)Cc1c(C)[nH]c2ccc(OC)cc12)C1=[N+]C=C(c2cccc(C(F)(F)F)c2)N1. The number of ketones is 1. The first-order chi connectivity index (χ1) is 19.6. The first-order valence-corrected chi connectivity index (χ1v) is 13.8. The number of ether oxygens (including phenoxy) is 1. The second-order valence-corrected chi connectivity index (χ2v) is 10.2. The molecule has 4 rings (SSSR count). The van der Waals surface area contributed by atoms with Crippen LogP contribution in [0.3, 0.4) is 0 Å². The number of carbonyl (C=O) groups excluding carboxylic acids is 2. The number of Topliss-reactive ketones (excluding diaryl/α,β-unsaturated/α-hetero) is 1. The van der Waals surface area contributed by atoms with Crippen molar-refractivity contribution in [3.63, 3.8) is 0 Å². The van der Waals surface area contributed by atoms with Gasteiger partial charge in [-0.15, -0.1) is 0 Å². The number of methoxy groups -OCH3 is 1. The van der Waals surface area contributed by atoms with E-state index < -0.39 is 17.8 Å². The average Bonchev–Trinajstić information content (AvgIpc) is 3.56. The van der Waals surface area contributed by atoms with Crippen molar-refractivity contribution in [2.45, 2.75) is 71.0 Å². The fraction of sp³-hybridized carbons (Fsp3) is 0.387. The lowest BCUT2D eigenvalue weighted by Gasteiger charge is -2.16. The molecule has 1 atom stereocenters. The maximum Gasteiger partial charge on any atom is 0.416 e. The molecule has 3 N–H and O–H groups in total. The molecule has 1 radical (unpaired) electrons. The van der Waals surface area contributed by atoms with Crippen LogP contribution in [0.1, 0.15) is 67.8 Å². The smallest absolute Gasteiger partial charge is 0.416 e. The van der Waals surface area contributed by atoms with Gasteiger partial charge in [0.05, 0.1) is 19.1 Å².